The van der Waals surface area contributed by atoms with E-state index < -0.39 is 0 Å². The van der Waals surface area contributed by atoms with Gasteiger partial charge in [0.2, 0.25) is 11.9 Å². The van der Waals surface area contributed by atoms with Crippen LogP contribution in [0.2, 0.25) is 0 Å². The molecular formula is C21H30N4O. The summed E-state index contributed by atoms with van der Waals surface area (Å²) in [5, 5.41) is 0. The summed E-state index contributed by atoms with van der Waals surface area (Å²) >= 11 is 0. The van der Waals surface area contributed by atoms with Crippen LogP contribution in [0, 0.1) is 11.8 Å². The van der Waals surface area contributed by atoms with Gasteiger partial charge < -0.3 is 14.8 Å². The number of anilines is 1. The van der Waals surface area contributed by atoms with Crippen molar-refractivity contribution in [1.29, 1.82) is 0 Å². The summed E-state index contributed by atoms with van der Waals surface area (Å²) in [6.45, 7) is 5.81. The van der Waals surface area contributed by atoms with Crippen molar-refractivity contribution < 1.29 is 4.79 Å². The van der Waals surface area contributed by atoms with Crippen molar-refractivity contribution in [3.8, 4) is 0 Å². The van der Waals surface area contributed by atoms with Crippen molar-refractivity contribution in [3.63, 3.8) is 0 Å². The van der Waals surface area contributed by atoms with E-state index in [1.54, 1.807) is 0 Å². The van der Waals surface area contributed by atoms with E-state index >= 15 is 0 Å². The van der Waals surface area contributed by atoms with Crippen molar-refractivity contribution in [2.45, 2.75) is 45.4 Å². The highest BCUT2D eigenvalue weighted by Gasteiger charge is 2.25. The van der Waals surface area contributed by atoms with Crippen molar-refractivity contribution in [1.82, 2.24) is 14.9 Å². The first-order valence-electron chi connectivity index (χ1n) is 10.2. The zero-order valence-corrected chi connectivity index (χ0v) is 15.8. The largest absolute Gasteiger partial charge is 0.341 e. The first-order chi connectivity index (χ1) is 12.7. The number of hydrogen-bond donors (Lipinski definition) is 1. The molecule has 2 atom stereocenters. The van der Waals surface area contributed by atoms with Gasteiger partial charge in [-0.1, -0.05) is 31.9 Å². The molecule has 5 nitrogen and oxygen atoms in total. The minimum absolute atomic E-state index is 0.357. The number of fused-ring (bicyclic) bond motifs is 1. The molecule has 0 bridgehead atoms. The maximum absolute atomic E-state index is 12.8. The van der Waals surface area contributed by atoms with Gasteiger partial charge in [-0.3, -0.25) is 4.79 Å². The van der Waals surface area contributed by atoms with Gasteiger partial charge in [0.25, 0.3) is 0 Å². The molecule has 1 aliphatic carbocycles. The fraction of sp³-hybridized carbons (Fsp3) is 0.619. The van der Waals surface area contributed by atoms with E-state index in [1.807, 2.05) is 18.2 Å². The van der Waals surface area contributed by atoms with E-state index in [1.165, 1.54) is 25.7 Å². The number of benzene rings is 1. The van der Waals surface area contributed by atoms with Crippen LogP contribution in [-0.2, 0) is 4.79 Å². The molecule has 2 unspecified atom stereocenters. The van der Waals surface area contributed by atoms with E-state index in [0.717, 1.165) is 61.9 Å². The number of amides is 1. The molecule has 2 heterocycles. The van der Waals surface area contributed by atoms with Crippen LogP contribution in [0.3, 0.4) is 0 Å². The summed E-state index contributed by atoms with van der Waals surface area (Å²) in [5.74, 6) is 2.67. The molecule has 0 spiro atoms. The quantitative estimate of drug-likeness (QED) is 0.912. The van der Waals surface area contributed by atoms with Crippen LogP contribution in [-0.4, -0.2) is 47.0 Å². The highest BCUT2D eigenvalue weighted by Crippen LogP contribution is 2.31. The van der Waals surface area contributed by atoms with Gasteiger partial charge in [0.1, 0.15) is 0 Å². The molecule has 1 saturated carbocycles. The average Bonchev–Trinajstić information content (AvgIpc) is 2.90. The molecule has 5 heteroatoms. The fourth-order valence-electron chi connectivity index (χ4n) is 4.59. The smallest absolute Gasteiger partial charge is 0.222 e. The van der Waals surface area contributed by atoms with E-state index in [9.17, 15) is 4.79 Å². The summed E-state index contributed by atoms with van der Waals surface area (Å²) in [5.41, 5.74) is 2.08. The van der Waals surface area contributed by atoms with Crippen molar-refractivity contribution in [2.75, 3.05) is 31.1 Å². The van der Waals surface area contributed by atoms with Gasteiger partial charge in [-0.2, -0.15) is 0 Å². The second-order valence-corrected chi connectivity index (χ2v) is 8.14. The number of para-hydroxylation sites is 2. The normalized spacial score (nSPS) is 24.7. The van der Waals surface area contributed by atoms with Gasteiger partial charge in [0.15, 0.2) is 0 Å². The Balaban J connectivity index is 1.36. The number of nitrogens with zero attached hydrogens (tertiary/aromatic N) is 3. The Labute approximate surface area is 155 Å². The van der Waals surface area contributed by atoms with Gasteiger partial charge in [-0.15, -0.1) is 0 Å². The molecule has 1 saturated heterocycles. The lowest BCUT2D eigenvalue weighted by Crippen LogP contribution is -2.36. The van der Waals surface area contributed by atoms with Crippen LogP contribution >= 0.6 is 0 Å². The third-order valence-electron chi connectivity index (χ3n) is 6.03. The van der Waals surface area contributed by atoms with Crippen LogP contribution in [0.25, 0.3) is 11.0 Å². The number of rotatable bonds is 3. The minimum atomic E-state index is 0.357. The Morgan fingerprint density at radius 1 is 1.15 bits per heavy atom. The summed E-state index contributed by atoms with van der Waals surface area (Å²) < 4.78 is 0. The predicted molar refractivity (Wildman–Crippen MR) is 105 cm³/mol. The summed E-state index contributed by atoms with van der Waals surface area (Å²) in [6, 6.07) is 8.14. The number of H-pyrrole nitrogens is 1. The summed E-state index contributed by atoms with van der Waals surface area (Å²) in [6.07, 6.45) is 6.83. The lowest BCUT2D eigenvalue weighted by Gasteiger charge is -2.29. The van der Waals surface area contributed by atoms with Gasteiger partial charge in [0.05, 0.1) is 11.0 Å². The molecule has 1 amide bonds. The highest BCUT2D eigenvalue weighted by atomic mass is 16.2. The van der Waals surface area contributed by atoms with Crippen molar-refractivity contribution >= 4 is 22.9 Å². The number of aromatic amines is 1. The number of carbonyl (C=O) groups excluding carboxylic acids is 1. The Bertz CT molecular complexity index is 722. The molecule has 1 aliphatic heterocycles. The van der Waals surface area contributed by atoms with Gasteiger partial charge in [-0.05, 0) is 43.2 Å². The molecule has 2 fully saturated rings. The van der Waals surface area contributed by atoms with Gasteiger partial charge >= 0.3 is 0 Å². The molecular weight excluding hydrogens is 324 g/mol. The third-order valence-corrected chi connectivity index (χ3v) is 6.03. The number of carbonyl (C=O) groups is 1. The highest BCUT2D eigenvalue weighted by molar-refractivity contribution is 5.78. The van der Waals surface area contributed by atoms with Crippen LogP contribution in [0.1, 0.15) is 45.4 Å². The molecule has 1 N–H and O–H groups in total. The van der Waals surface area contributed by atoms with Gasteiger partial charge in [-0.25, -0.2) is 4.98 Å². The maximum atomic E-state index is 12.8. The zero-order valence-electron chi connectivity index (χ0n) is 15.8. The SMILES string of the molecule is CC1CCCC(CC(=O)N2CCCN(c3nc4ccccc4[nH]3)CC2)C1. The molecule has 1 aromatic carbocycles. The summed E-state index contributed by atoms with van der Waals surface area (Å²) in [4.78, 5) is 25.3. The van der Waals surface area contributed by atoms with Gasteiger partial charge in [0, 0.05) is 32.6 Å². The van der Waals surface area contributed by atoms with Crippen LogP contribution in [0.5, 0.6) is 0 Å². The van der Waals surface area contributed by atoms with E-state index in [4.69, 9.17) is 4.98 Å². The number of hydrogen-bond acceptors (Lipinski definition) is 3. The van der Waals surface area contributed by atoms with E-state index in [2.05, 4.69) is 27.8 Å². The second-order valence-electron chi connectivity index (χ2n) is 8.14. The standard InChI is InChI=1S/C21H30N4O/c1-16-6-4-7-17(14-16)15-20(26)24-10-5-11-25(13-12-24)21-22-18-8-2-3-9-19(18)23-21/h2-3,8-9,16-17H,4-7,10-15H2,1H3,(H,22,23). The lowest BCUT2D eigenvalue weighted by molar-refractivity contribution is -0.132. The van der Waals surface area contributed by atoms with Crippen LogP contribution < -0.4 is 4.90 Å². The van der Waals surface area contributed by atoms with Crippen molar-refractivity contribution in [3.05, 3.63) is 24.3 Å². The Morgan fingerprint density at radius 2 is 2.04 bits per heavy atom. The minimum Gasteiger partial charge on any atom is -0.341 e. The zero-order chi connectivity index (χ0) is 17.9. The lowest BCUT2D eigenvalue weighted by atomic mass is 9.80. The predicted octanol–water partition coefficient (Wildman–Crippen LogP) is 3.82. The maximum Gasteiger partial charge on any atom is 0.222 e. The Hall–Kier alpha value is -2.04. The molecule has 4 rings (SSSR count). The first-order valence-corrected chi connectivity index (χ1v) is 10.2. The van der Waals surface area contributed by atoms with Crippen molar-refractivity contribution in [2.24, 2.45) is 11.8 Å². The monoisotopic (exact) mass is 354 g/mol. The topological polar surface area (TPSA) is 52.2 Å². The van der Waals surface area contributed by atoms with Crippen LogP contribution in [0.4, 0.5) is 5.95 Å². The molecule has 2 aliphatic rings. The number of imidazole rings is 1. The van der Waals surface area contributed by atoms with Crippen LogP contribution in [0.15, 0.2) is 24.3 Å². The molecule has 1 aromatic heterocycles. The molecule has 26 heavy (non-hydrogen) atoms. The average molecular weight is 354 g/mol. The first kappa shape index (κ1) is 17.4. The number of nitrogens with one attached hydrogen (secondary N) is 1. The Kier molecular flexibility index (Phi) is 5.14. The molecule has 140 valence electrons. The summed E-state index contributed by atoms with van der Waals surface area (Å²) in [7, 11) is 0. The van der Waals surface area contributed by atoms with E-state index in [0.29, 0.717) is 11.8 Å². The number of aromatic nitrogens is 2. The molecule has 2 aromatic rings. The second kappa shape index (κ2) is 7.68. The van der Waals surface area contributed by atoms with E-state index in [-0.39, 0.29) is 0 Å². The molecule has 0 radical (unpaired) electrons. The third kappa shape index (κ3) is 3.87. The fourth-order valence-corrected chi connectivity index (χ4v) is 4.59. The Morgan fingerprint density at radius 3 is 2.88 bits per heavy atom.